The summed E-state index contributed by atoms with van der Waals surface area (Å²) < 4.78 is 3.73. The van der Waals surface area contributed by atoms with Gasteiger partial charge in [0.15, 0.2) is 5.15 Å². The first kappa shape index (κ1) is 16.8. The highest BCUT2D eigenvalue weighted by molar-refractivity contribution is 6.35. The first-order chi connectivity index (χ1) is 13.7. The van der Waals surface area contributed by atoms with Crippen molar-refractivity contribution in [3.05, 3.63) is 94.0 Å². The third-order valence-electron chi connectivity index (χ3n) is 4.82. The van der Waals surface area contributed by atoms with Crippen LogP contribution < -0.4 is 5.69 Å². The van der Waals surface area contributed by atoms with Crippen LogP contribution in [0.3, 0.4) is 0 Å². The Labute approximate surface area is 165 Å². The van der Waals surface area contributed by atoms with Gasteiger partial charge in [-0.1, -0.05) is 54.1 Å². The monoisotopic (exact) mass is 389 g/mol. The fraction of sp³-hybridized carbons (Fsp3) is 0.0952. The Morgan fingerprint density at radius 2 is 1.86 bits per heavy atom. The van der Waals surface area contributed by atoms with Crippen LogP contribution in [0.4, 0.5) is 0 Å². The van der Waals surface area contributed by atoms with E-state index in [-0.39, 0.29) is 5.69 Å². The second-order valence-electron chi connectivity index (χ2n) is 6.71. The molecule has 0 saturated heterocycles. The third-order valence-corrected chi connectivity index (χ3v) is 5.10. The number of hydrogen-bond acceptors (Lipinski definition) is 3. The lowest BCUT2D eigenvalue weighted by atomic mass is 10.1. The molecule has 6 nitrogen and oxygen atoms in total. The van der Waals surface area contributed by atoms with E-state index >= 15 is 0 Å². The third kappa shape index (κ3) is 2.88. The van der Waals surface area contributed by atoms with Gasteiger partial charge in [-0.05, 0) is 17.2 Å². The molecular formula is C21H16ClN5O. The topological polar surface area (TPSA) is 68.5 Å². The molecule has 0 unspecified atom stereocenters. The van der Waals surface area contributed by atoms with Gasteiger partial charge in [0.25, 0.3) is 0 Å². The molecule has 1 N–H and O–H groups in total. The Hall–Kier alpha value is -3.38. The molecule has 138 valence electrons. The highest BCUT2D eigenvalue weighted by Gasteiger charge is 2.15. The molecule has 0 atom stereocenters. The maximum absolute atomic E-state index is 12.7. The van der Waals surface area contributed by atoms with Crippen LogP contribution in [-0.4, -0.2) is 24.1 Å². The number of pyridine rings is 1. The number of H-pyrrole nitrogens is 1. The number of nitrogens with zero attached hydrogens (tertiary/aromatic N) is 4. The number of imidazole rings is 2. The highest BCUT2D eigenvalue weighted by atomic mass is 35.5. The van der Waals surface area contributed by atoms with E-state index in [0.717, 1.165) is 34.1 Å². The fourth-order valence-electron chi connectivity index (χ4n) is 3.58. The van der Waals surface area contributed by atoms with Crippen molar-refractivity contribution >= 4 is 33.5 Å². The predicted octanol–water partition coefficient (Wildman–Crippen LogP) is 3.82. The van der Waals surface area contributed by atoms with Crippen molar-refractivity contribution < 1.29 is 0 Å². The quantitative estimate of drug-likeness (QED) is 0.475. The standard InChI is InChI=1S/C21H16ClN5O/c22-20-18-19(16-6-1-2-7-17(16)24-20)27(21(28)25-18)12-15-5-3-4-14(10-15)11-26-9-8-23-13-26/h1-10,13H,11-12H2,(H,25,28). The van der Waals surface area contributed by atoms with Gasteiger partial charge in [-0.15, -0.1) is 0 Å². The number of aromatic amines is 1. The van der Waals surface area contributed by atoms with Crippen molar-refractivity contribution in [1.29, 1.82) is 0 Å². The number of fused-ring (bicyclic) bond motifs is 3. The Morgan fingerprint density at radius 1 is 1.04 bits per heavy atom. The minimum atomic E-state index is -0.199. The van der Waals surface area contributed by atoms with Crippen molar-refractivity contribution in [2.75, 3.05) is 0 Å². The molecule has 0 bridgehead atoms. The van der Waals surface area contributed by atoms with Crippen LogP contribution in [0.5, 0.6) is 0 Å². The highest BCUT2D eigenvalue weighted by Crippen LogP contribution is 2.27. The molecule has 0 spiro atoms. The largest absolute Gasteiger partial charge is 0.333 e. The molecule has 0 aliphatic carbocycles. The van der Waals surface area contributed by atoms with Crippen LogP contribution in [0, 0.1) is 0 Å². The molecule has 5 aromatic rings. The summed E-state index contributed by atoms with van der Waals surface area (Å²) in [7, 11) is 0. The van der Waals surface area contributed by atoms with Crippen LogP contribution >= 0.6 is 11.6 Å². The lowest BCUT2D eigenvalue weighted by molar-refractivity contribution is 0.774. The van der Waals surface area contributed by atoms with Gasteiger partial charge < -0.3 is 9.55 Å². The minimum Gasteiger partial charge on any atom is -0.333 e. The number of nitrogens with one attached hydrogen (secondary N) is 1. The van der Waals surface area contributed by atoms with Crippen molar-refractivity contribution in [3.63, 3.8) is 0 Å². The number of hydrogen-bond donors (Lipinski definition) is 1. The van der Waals surface area contributed by atoms with Gasteiger partial charge in [0.1, 0.15) is 5.52 Å². The van der Waals surface area contributed by atoms with Crippen molar-refractivity contribution in [2.45, 2.75) is 13.1 Å². The first-order valence-electron chi connectivity index (χ1n) is 8.89. The Morgan fingerprint density at radius 3 is 2.68 bits per heavy atom. The zero-order valence-corrected chi connectivity index (χ0v) is 15.6. The lowest BCUT2D eigenvalue weighted by Crippen LogP contribution is -2.17. The normalized spacial score (nSPS) is 11.5. The SMILES string of the molecule is O=c1[nH]c2c(Cl)nc3ccccc3c2n1Cc1cccc(Cn2ccnc2)c1. The molecule has 0 amide bonds. The Bertz CT molecular complexity index is 1350. The molecule has 28 heavy (non-hydrogen) atoms. The van der Waals surface area contributed by atoms with Gasteiger partial charge in [-0.2, -0.15) is 0 Å². The van der Waals surface area contributed by atoms with Crippen LogP contribution in [0.25, 0.3) is 21.9 Å². The molecule has 0 fully saturated rings. The van der Waals surface area contributed by atoms with Crippen molar-refractivity contribution in [1.82, 2.24) is 24.1 Å². The van der Waals surface area contributed by atoms with E-state index in [9.17, 15) is 4.79 Å². The molecule has 3 aromatic heterocycles. The second kappa shape index (κ2) is 6.65. The molecule has 2 aromatic carbocycles. The molecule has 0 saturated carbocycles. The number of benzene rings is 2. The van der Waals surface area contributed by atoms with Gasteiger partial charge in [-0.25, -0.2) is 14.8 Å². The molecule has 5 rings (SSSR count). The van der Waals surface area contributed by atoms with E-state index in [1.54, 1.807) is 17.1 Å². The summed E-state index contributed by atoms with van der Waals surface area (Å²) in [5.74, 6) is 0. The fourth-order valence-corrected chi connectivity index (χ4v) is 3.81. The van der Waals surface area contributed by atoms with E-state index in [1.165, 1.54) is 0 Å². The van der Waals surface area contributed by atoms with E-state index in [1.807, 2.05) is 47.2 Å². The van der Waals surface area contributed by atoms with Crippen LogP contribution in [-0.2, 0) is 13.1 Å². The molecule has 7 heteroatoms. The zero-order valence-electron chi connectivity index (χ0n) is 14.8. The van der Waals surface area contributed by atoms with Crippen LogP contribution in [0.1, 0.15) is 11.1 Å². The summed E-state index contributed by atoms with van der Waals surface area (Å²) in [5.41, 5.74) is 4.10. The average molecular weight is 390 g/mol. The van der Waals surface area contributed by atoms with Gasteiger partial charge in [0.05, 0.1) is 23.9 Å². The maximum Gasteiger partial charge on any atom is 0.326 e. The summed E-state index contributed by atoms with van der Waals surface area (Å²) in [6.45, 7) is 1.18. The van der Waals surface area contributed by atoms with Gasteiger partial charge in [-0.3, -0.25) is 4.57 Å². The van der Waals surface area contributed by atoms with E-state index < -0.39 is 0 Å². The van der Waals surface area contributed by atoms with E-state index in [0.29, 0.717) is 17.2 Å². The molecule has 0 aliphatic heterocycles. The first-order valence-corrected chi connectivity index (χ1v) is 9.27. The van der Waals surface area contributed by atoms with Crippen LogP contribution in [0.2, 0.25) is 5.15 Å². The predicted molar refractivity (Wildman–Crippen MR) is 110 cm³/mol. The molecule has 0 aliphatic rings. The van der Waals surface area contributed by atoms with Gasteiger partial charge in [0, 0.05) is 24.3 Å². The van der Waals surface area contributed by atoms with Crippen LogP contribution in [0.15, 0.2) is 72.0 Å². The number of halogens is 1. The minimum absolute atomic E-state index is 0.199. The molecular weight excluding hydrogens is 374 g/mol. The summed E-state index contributed by atoms with van der Waals surface area (Å²) in [6, 6.07) is 15.9. The molecule has 0 radical (unpaired) electrons. The lowest BCUT2D eigenvalue weighted by Gasteiger charge is -2.09. The number of para-hydroxylation sites is 1. The summed E-state index contributed by atoms with van der Waals surface area (Å²) in [4.78, 5) is 24.0. The second-order valence-corrected chi connectivity index (χ2v) is 7.07. The van der Waals surface area contributed by atoms with E-state index in [2.05, 4.69) is 27.1 Å². The maximum atomic E-state index is 12.7. The average Bonchev–Trinajstić information content (AvgIpc) is 3.31. The smallest absolute Gasteiger partial charge is 0.326 e. The Balaban J connectivity index is 1.61. The zero-order chi connectivity index (χ0) is 19.1. The summed E-state index contributed by atoms with van der Waals surface area (Å²) in [6.07, 6.45) is 5.48. The van der Waals surface area contributed by atoms with Gasteiger partial charge in [0.2, 0.25) is 0 Å². The number of aromatic nitrogens is 5. The van der Waals surface area contributed by atoms with Crippen molar-refractivity contribution in [3.8, 4) is 0 Å². The number of rotatable bonds is 4. The molecule has 3 heterocycles. The van der Waals surface area contributed by atoms with E-state index in [4.69, 9.17) is 11.6 Å². The summed E-state index contributed by atoms with van der Waals surface area (Å²) in [5, 5.41) is 1.20. The summed E-state index contributed by atoms with van der Waals surface area (Å²) >= 11 is 6.33. The Kier molecular flexibility index (Phi) is 3.98. The van der Waals surface area contributed by atoms with Crippen molar-refractivity contribution in [2.24, 2.45) is 0 Å². The van der Waals surface area contributed by atoms with Gasteiger partial charge >= 0.3 is 5.69 Å².